The second kappa shape index (κ2) is 6.77. The molecule has 1 aromatic heterocycles. The third-order valence-corrected chi connectivity index (χ3v) is 3.96. The second-order valence-electron chi connectivity index (χ2n) is 5.97. The van der Waals surface area contributed by atoms with Crippen LogP contribution in [0.4, 0.5) is 0 Å². The fourth-order valence-electron chi connectivity index (χ4n) is 2.79. The van der Waals surface area contributed by atoms with Gasteiger partial charge in [-0.3, -0.25) is 13.9 Å². The third-order valence-electron chi connectivity index (χ3n) is 3.96. The summed E-state index contributed by atoms with van der Waals surface area (Å²) in [4.78, 5) is 24.1. The van der Waals surface area contributed by atoms with Gasteiger partial charge in [0.1, 0.15) is 6.54 Å². The molecule has 0 aromatic carbocycles. The minimum Gasteiger partial charge on any atom is -0.352 e. The van der Waals surface area contributed by atoms with E-state index in [1.807, 2.05) is 13.8 Å². The number of hydrogen-bond donors (Lipinski definition) is 1. The molecule has 0 spiro atoms. The molecule has 5 nitrogen and oxygen atoms in total. The Labute approximate surface area is 120 Å². The zero-order valence-corrected chi connectivity index (χ0v) is 12.5. The maximum atomic E-state index is 12.0. The molecule has 0 atom stereocenters. The Morgan fingerprint density at radius 3 is 2.45 bits per heavy atom. The monoisotopic (exact) mass is 279 g/mol. The van der Waals surface area contributed by atoms with E-state index in [1.54, 1.807) is 17.0 Å². The smallest absolute Gasteiger partial charge is 0.328 e. The molecule has 0 saturated heterocycles. The predicted molar refractivity (Wildman–Crippen MR) is 78.7 cm³/mol. The largest absolute Gasteiger partial charge is 0.352 e. The Bertz CT molecular complexity index is 493. The molecule has 0 radical (unpaired) electrons. The number of imidazole rings is 1. The molecule has 1 heterocycles. The summed E-state index contributed by atoms with van der Waals surface area (Å²) in [5.74, 6) is -0.0551. The van der Waals surface area contributed by atoms with Crippen LogP contribution in [-0.2, 0) is 11.3 Å². The highest BCUT2D eigenvalue weighted by atomic mass is 16.2. The van der Waals surface area contributed by atoms with Crippen molar-refractivity contribution in [1.29, 1.82) is 0 Å². The molecular formula is C15H25N3O2. The maximum Gasteiger partial charge on any atom is 0.328 e. The average Bonchev–Trinajstić information content (AvgIpc) is 2.62. The van der Waals surface area contributed by atoms with Crippen LogP contribution in [0.2, 0.25) is 0 Å². The number of amides is 1. The molecule has 1 saturated carbocycles. The summed E-state index contributed by atoms with van der Waals surface area (Å²) in [6, 6.07) is 0.404. The first kappa shape index (κ1) is 14.9. The quantitative estimate of drug-likeness (QED) is 0.858. The van der Waals surface area contributed by atoms with E-state index in [0.717, 1.165) is 12.8 Å². The van der Waals surface area contributed by atoms with Crippen molar-refractivity contribution in [2.75, 3.05) is 0 Å². The van der Waals surface area contributed by atoms with Crippen molar-refractivity contribution in [3.8, 4) is 0 Å². The molecule has 112 valence electrons. The van der Waals surface area contributed by atoms with Gasteiger partial charge in [0, 0.05) is 24.5 Å². The predicted octanol–water partition coefficient (Wildman–Crippen LogP) is 2.07. The zero-order valence-electron chi connectivity index (χ0n) is 12.5. The molecule has 1 aliphatic rings. The first-order chi connectivity index (χ1) is 9.58. The number of hydrogen-bond acceptors (Lipinski definition) is 2. The molecule has 1 aromatic rings. The van der Waals surface area contributed by atoms with Gasteiger partial charge in [-0.05, 0) is 26.7 Å². The van der Waals surface area contributed by atoms with Crippen molar-refractivity contribution < 1.29 is 4.79 Å². The fraction of sp³-hybridized carbons (Fsp3) is 0.733. The number of carbonyl (C=O) groups is 1. The van der Waals surface area contributed by atoms with E-state index in [0.29, 0.717) is 0 Å². The van der Waals surface area contributed by atoms with E-state index in [4.69, 9.17) is 0 Å². The minimum atomic E-state index is -0.115. The van der Waals surface area contributed by atoms with E-state index >= 15 is 0 Å². The summed E-state index contributed by atoms with van der Waals surface area (Å²) in [5.41, 5.74) is -0.115. The van der Waals surface area contributed by atoms with Crippen LogP contribution in [0.3, 0.4) is 0 Å². The number of nitrogens with zero attached hydrogens (tertiary/aromatic N) is 2. The van der Waals surface area contributed by atoms with Gasteiger partial charge >= 0.3 is 5.69 Å². The lowest BCUT2D eigenvalue weighted by molar-refractivity contribution is -0.122. The standard InChI is InChI=1S/C15H25N3O2/c1-12(2)18-10-9-17(15(18)20)11-14(19)16-13-7-5-3-4-6-8-13/h9-10,12-13H,3-8,11H2,1-2H3,(H,16,19). The Morgan fingerprint density at radius 2 is 1.90 bits per heavy atom. The molecule has 2 rings (SSSR count). The highest BCUT2D eigenvalue weighted by molar-refractivity contribution is 5.76. The normalized spacial score (nSPS) is 17.1. The summed E-state index contributed by atoms with van der Waals surface area (Å²) in [5, 5.41) is 3.07. The molecule has 1 fully saturated rings. The second-order valence-corrected chi connectivity index (χ2v) is 5.97. The van der Waals surface area contributed by atoms with Crippen molar-refractivity contribution in [2.24, 2.45) is 0 Å². The van der Waals surface area contributed by atoms with Crippen LogP contribution in [-0.4, -0.2) is 21.1 Å². The van der Waals surface area contributed by atoms with Gasteiger partial charge in [0.15, 0.2) is 0 Å². The van der Waals surface area contributed by atoms with Gasteiger partial charge in [0.25, 0.3) is 0 Å². The molecule has 5 heteroatoms. The SMILES string of the molecule is CC(C)n1ccn(CC(=O)NC2CCCCCC2)c1=O. The Balaban J connectivity index is 1.92. The molecule has 0 aliphatic heterocycles. The summed E-state index contributed by atoms with van der Waals surface area (Å²) in [6.07, 6.45) is 10.5. The van der Waals surface area contributed by atoms with E-state index < -0.39 is 0 Å². The highest BCUT2D eigenvalue weighted by Crippen LogP contribution is 2.17. The molecule has 1 amide bonds. The van der Waals surface area contributed by atoms with Crippen LogP contribution in [0.25, 0.3) is 0 Å². The maximum absolute atomic E-state index is 12.0. The van der Waals surface area contributed by atoms with Gasteiger partial charge in [0.05, 0.1) is 0 Å². The summed E-state index contributed by atoms with van der Waals surface area (Å²) in [6.45, 7) is 4.03. The average molecular weight is 279 g/mol. The lowest BCUT2D eigenvalue weighted by atomic mass is 10.1. The van der Waals surface area contributed by atoms with E-state index in [-0.39, 0.29) is 30.2 Å². The van der Waals surface area contributed by atoms with Crippen LogP contribution < -0.4 is 11.0 Å². The summed E-state index contributed by atoms with van der Waals surface area (Å²) in [7, 11) is 0. The Morgan fingerprint density at radius 1 is 1.25 bits per heavy atom. The van der Waals surface area contributed by atoms with Gasteiger partial charge < -0.3 is 5.32 Å². The van der Waals surface area contributed by atoms with E-state index in [2.05, 4.69) is 5.32 Å². The van der Waals surface area contributed by atoms with Gasteiger partial charge in [0.2, 0.25) is 5.91 Å². The molecule has 20 heavy (non-hydrogen) atoms. The molecule has 0 bridgehead atoms. The van der Waals surface area contributed by atoms with Gasteiger partial charge in [-0.25, -0.2) is 4.79 Å². The van der Waals surface area contributed by atoms with Crippen molar-refractivity contribution >= 4 is 5.91 Å². The van der Waals surface area contributed by atoms with Crippen LogP contribution in [0.5, 0.6) is 0 Å². The molecule has 1 N–H and O–H groups in total. The van der Waals surface area contributed by atoms with Crippen LogP contribution in [0, 0.1) is 0 Å². The number of rotatable bonds is 4. The Kier molecular flexibility index (Phi) is 5.04. The van der Waals surface area contributed by atoms with Crippen molar-refractivity contribution in [3.63, 3.8) is 0 Å². The van der Waals surface area contributed by atoms with Crippen molar-refractivity contribution in [1.82, 2.24) is 14.5 Å². The zero-order chi connectivity index (χ0) is 14.5. The first-order valence-corrected chi connectivity index (χ1v) is 7.64. The lowest BCUT2D eigenvalue weighted by Gasteiger charge is -2.16. The summed E-state index contributed by atoms with van der Waals surface area (Å²) < 4.78 is 3.12. The van der Waals surface area contributed by atoms with E-state index in [1.165, 1.54) is 30.3 Å². The summed E-state index contributed by atoms with van der Waals surface area (Å²) >= 11 is 0. The first-order valence-electron chi connectivity index (χ1n) is 7.64. The van der Waals surface area contributed by atoms with Crippen LogP contribution in [0.15, 0.2) is 17.2 Å². The number of carbonyl (C=O) groups excluding carboxylic acids is 1. The highest BCUT2D eigenvalue weighted by Gasteiger charge is 2.16. The van der Waals surface area contributed by atoms with E-state index in [9.17, 15) is 9.59 Å². The Hall–Kier alpha value is -1.52. The van der Waals surface area contributed by atoms with Gasteiger partial charge in [-0.2, -0.15) is 0 Å². The molecule has 1 aliphatic carbocycles. The minimum absolute atomic E-state index is 0.0551. The van der Waals surface area contributed by atoms with Crippen molar-refractivity contribution in [2.45, 2.75) is 71.0 Å². The lowest BCUT2D eigenvalue weighted by Crippen LogP contribution is -2.38. The molecular weight excluding hydrogens is 254 g/mol. The van der Waals surface area contributed by atoms with Crippen LogP contribution >= 0.6 is 0 Å². The number of aromatic nitrogens is 2. The fourth-order valence-corrected chi connectivity index (χ4v) is 2.79. The van der Waals surface area contributed by atoms with Gasteiger partial charge in [-0.1, -0.05) is 25.7 Å². The van der Waals surface area contributed by atoms with Gasteiger partial charge in [-0.15, -0.1) is 0 Å². The van der Waals surface area contributed by atoms with Crippen LogP contribution in [0.1, 0.15) is 58.4 Å². The number of nitrogens with one attached hydrogen (secondary N) is 1. The third kappa shape index (κ3) is 3.74. The molecule has 0 unspecified atom stereocenters. The van der Waals surface area contributed by atoms with Crippen molar-refractivity contribution in [3.05, 3.63) is 22.9 Å². The topological polar surface area (TPSA) is 56.0 Å².